The van der Waals surface area contributed by atoms with Crippen molar-refractivity contribution in [3.8, 4) is 5.75 Å². The molecule has 11 nitrogen and oxygen atoms in total. The Morgan fingerprint density at radius 1 is 1.12 bits per heavy atom. The third kappa shape index (κ3) is 5.45. The van der Waals surface area contributed by atoms with Gasteiger partial charge in [0.1, 0.15) is 6.33 Å². The zero-order chi connectivity index (χ0) is 23.4. The molecular formula is C20H15Cl2N7O4. The number of anilines is 1. The highest BCUT2D eigenvalue weighted by Crippen LogP contribution is 2.26. The van der Waals surface area contributed by atoms with Crippen molar-refractivity contribution >= 4 is 40.7 Å². The van der Waals surface area contributed by atoms with E-state index >= 15 is 0 Å². The van der Waals surface area contributed by atoms with Crippen LogP contribution in [0.15, 0.2) is 61.1 Å². The maximum Gasteiger partial charge on any atom is 0.311 e. The molecule has 0 atom stereocenters. The average molecular weight is 488 g/mol. The van der Waals surface area contributed by atoms with Crippen molar-refractivity contribution in [1.82, 2.24) is 24.5 Å². The number of carbonyl (C=O) groups excluding carboxylic acids is 1. The summed E-state index contributed by atoms with van der Waals surface area (Å²) in [6, 6.07) is 12.6. The van der Waals surface area contributed by atoms with Crippen LogP contribution in [-0.4, -0.2) is 35.4 Å². The number of ether oxygens (including phenoxy) is 1. The van der Waals surface area contributed by atoms with Crippen molar-refractivity contribution in [2.45, 2.75) is 13.3 Å². The molecule has 33 heavy (non-hydrogen) atoms. The zero-order valence-corrected chi connectivity index (χ0v) is 18.3. The molecular weight excluding hydrogens is 473 g/mol. The monoisotopic (exact) mass is 487 g/mol. The Morgan fingerprint density at radius 3 is 2.73 bits per heavy atom. The molecule has 0 saturated carbocycles. The standard InChI is InChI=1S/C20H15Cl2N7O4/c21-14-6-5-13(15(22)9-14)10-28-11-23-20(26-28)24-19(30)16-7-8-27(25-16)12-33-18-4-2-1-3-17(18)29(31)32/h1-9,11H,10,12H2,(H,24,26,30). The van der Waals surface area contributed by atoms with Crippen LogP contribution in [-0.2, 0) is 13.3 Å². The second-order valence-electron chi connectivity index (χ2n) is 6.69. The number of carbonyl (C=O) groups is 1. The van der Waals surface area contributed by atoms with Gasteiger partial charge in [0.25, 0.3) is 5.91 Å². The smallest absolute Gasteiger partial charge is 0.311 e. The fraction of sp³-hybridized carbons (Fsp3) is 0.100. The number of para-hydroxylation sites is 2. The molecule has 2 heterocycles. The minimum atomic E-state index is -0.537. The Labute approximate surface area is 196 Å². The van der Waals surface area contributed by atoms with Gasteiger partial charge in [-0.2, -0.15) is 5.10 Å². The number of amides is 1. The summed E-state index contributed by atoms with van der Waals surface area (Å²) in [5.41, 5.74) is 0.726. The Kier molecular flexibility index (Phi) is 6.52. The van der Waals surface area contributed by atoms with Crippen LogP contribution in [0.5, 0.6) is 5.75 Å². The lowest BCUT2D eigenvalue weighted by Gasteiger charge is -2.06. The summed E-state index contributed by atoms with van der Waals surface area (Å²) < 4.78 is 8.30. The molecule has 0 unspecified atom stereocenters. The van der Waals surface area contributed by atoms with E-state index < -0.39 is 10.8 Å². The summed E-state index contributed by atoms with van der Waals surface area (Å²) in [6.07, 6.45) is 2.97. The van der Waals surface area contributed by atoms with Crippen LogP contribution in [0.2, 0.25) is 10.0 Å². The molecule has 0 bridgehead atoms. The summed E-state index contributed by atoms with van der Waals surface area (Å²) in [4.78, 5) is 27.0. The number of nitro groups is 1. The van der Waals surface area contributed by atoms with Crippen molar-refractivity contribution < 1.29 is 14.5 Å². The van der Waals surface area contributed by atoms with E-state index in [1.807, 2.05) is 0 Å². The van der Waals surface area contributed by atoms with Gasteiger partial charge in [-0.25, -0.2) is 14.3 Å². The Hall–Kier alpha value is -3.96. The van der Waals surface area contributed by atoms with Gasteiger partial charge in [0.05, 0.1) is 11.5 Å². The van der Waals surface area contributed by atoms with Crippen LogP contribution in [0, 0.1) is 10.1 Å². The molecule has 4 rings (SSSR count). The Balaban J connectivity index is 1.36. The highest BCUT2D eigenvalue weighted by atomic mass is 35.5. The number of aromatic nitrogens is 5. The van der Waals surface area contributed by atoms with Gasteiger partial charge in [0, 0.05) is 22.3 Å². The number of rotatable bonds is 8. The third-order valence-corrected chi connectivity index (χ3v) is 4.98. The molecule has 2 aromatic heterocycles. The molecule has 0 fully saturated rings. The van der Waals surface area contributed by atoms with Gasteiger partial charge >= 0.3 is 5.69 Å². The van der Waals surface area contributed by atoms with Gasteiger partial charge in [0.15, 0.2) is 18.2 Å². The molecule has 0 spiro atoms. The van der Waals surface area contributed by atoms with Gasteiger partial charge in [0.2, 0.25) is 5.95 Å². The minimum absolute atomic E-state index is 0.0933. The van der Waals surface area contributed by atoms with E-state index in [9.17, 15) is 14.9 Å². The lowest BCUT2D eigenvalue weighted by atomic mass is 10.2. The molecule has 4 aromatic rings. The second-order valence-corrected chi connectivity index (χ2v) is 7.54. The van der Waals surface area contributed by atoms with E-state index in [2.05, 4.69) is 20.5 Å². The first-order valence-corrected chi connectivity index (χ1v) is 10.2. The zero-order valence-electron chi connectivity index (χ0n) is 16.8. The van der Waals surface area contributed by atoms with Crippen LogP contribution in [0.1, 0.15) is 16.1 Å². The number of hydrogen-bond acceptors (Lipinski definition) is 7. The van der Waals surface area contributed by atoms with E-state index in [-0.39, 0.29) is 29.8 Å². The van der Waals surface area contributed by atoms with Crippen LogP contribution in [0.25, 0.3) is 0 Å². The van der Waals surface area contributed by atoms with Gasteiger partial charge in [-0.3, -0.25) is 20.2 Å². The molecule has 1 amide bonds. The molecule has 2 aromatic carbocycles. The summed E-state index contributed by atoms with van der Waals surface area (Å²) in [7, 11) is 0. The van der Waals surface area contributed by atoms with Crippen molar-refractivity contribution in [2.24, 2.45) is 0 Å². The van der Waals surface area contributed by atoms with Crippen molar-refractivity contribution in [3.05, 3.63) is 92.5 Å². The van der Waals surface area contributed by atoms with E-state index in [4.69, 9.17) is 27.9 Å². The number of nitrogens with one attached hydrogen (secondary N) is 1. The Morgan fingerprint density at radius 2 is 1.94 bits per heavy atom. The maximum atomic E-state index is 12.5. The molecule has 0 aliphatic rings. The first-order chi connectivity index (χ1) is 15.9. The van der Waals surface area contributed by atoms with E-state index in [1.165, 1.54) is 40.1 Å². The summed E-state index contributed by atoms with van der Waals surface area (Å²) in [5, 5.41) is 23.0. The summed E-state index contributed by atoms with van der Waals surface area (Å²) >= 11 is 12.1. The summed E-state index contributed by atoms with van der Waals surface area (Å²) in [5.74, 6) is -0.336. The average Bonchev–Trinajstić information content (AvgIpc) is 3.44. The fourth-order valence-electron chi connectivity index (χ4n) is 2.84. The Bertz CT molecular complexity index is 1320. The predicted molar refractivity (Wildman–Crippen MR) is 119 cm³/mol. The topological polar surface area (TPSA) is 130 Å². The predicted octanol–water partition coefficient (Wildman–Crippen LogP) is 4.03. The lowest BCUT2D eigenvalue weighted by Crippen LogP contribution is -2.15. The van der Waals surface area contributed by atoms with Gasteiger partial charge in [-0.1, -0.05) is 41.4 Å². The van der Waals surface area contributed by atoms with Crippen molar-refractivity contribution in [2.75, 3.05) is 5.32 Å². The second kappa shape index (κ2) is 9.67. The number of hydrogen-bond donors (Lipinski definition) is 1. The number of nitrogens with zero attached hydrogens (tertiary/aromatic N) is 6. The van der Waals surface area contributed by atoms with E-state index in [1.54, 1.807) is 30.3 Å². The molecule has 13 heteroatoms. The molecule has 0 saturated heterocycles. The van der Waals surface area contributed by atoms with E-state index in [0.717, 1.165) is 5.56 Å². The normalized spacial score (nSPS) is 10.7. The minimum Gasteiger partial charge on any atom is -0.464 e. The summed E-state index contributed by atoms with van der Waals surface area (Å²) in [6.45, 7) is 0.226. The maximum absolute atomic E-state index is 12.5. The van der Waals surface area contributed by atoms with Crippen LogP contribution >= 0.6 is 23.2 Å². The molecule has 168 valence electrons. The van der Waals surface area contributed by atoms with Crippen molar-refractivity contribution in [3.63, 3.8) is 0 Å². The highest BCUT2D eigenvalue weighted by Gasteiger charge is 2.16. The van der Waals surface area contributed by atoms with Crippen molar-refractivity contribution in [1.29, 1.82) is 0 Å². The number of nitro benzene ring substituents is 1. The van der Waals surface area contributed by atoms with Gasteiger partial charge < -0.3 is 4.74 Å². The lowest BCUT2D eigenvalue weighted by molar-refractivity contribution is -0.386. The third-order valence-electron chi connectivity index (χ3n) is 4.40. The molecule has 1 N–H and O–H groups in total. The molecule has 0 aliphatic heterocycles. The fourth-order valence-corrected chi connectivity index (χ4v) is 3.31. The van der Waals surface area contributed by atoms with Gasteiger partial charge in [-0.15, -0.1) is 5.10 Å². The number of benzene rings is 2. The van der Waals surface area contributed by atoms with Crippen LogP contribution in [0.4, 0.5) is 11.6 Å². The SMILES string of the molecule is O=C(Nc1ncn(Cc2ccc(Cl)cc2Cl)n1)c1ccn(COc2ccccc2[N+](=O)[O-])n1. The first kappa shape index (κ1) is 22.2. The highest BCUT2D eigenvalue weighted by molar-refractivity contribution is 6.35. The van der Waals surface area contributed by atoms with E-state index in [0.29, 0.717) is 16.6 Å². The van der Waals surface area contributed by atoms with Crippen LogP contribution < -0.4 is 10.1 Å². The largest absolute Gasteiger partial charge is 0.464 e. The quantitative estimate of drug-likeness (QED) is 0.293. The first-order valence-electron chi connectivity index (χ1n) is 9.43. The number of halogens is 2. The molecule has 0 aliphatic carbocycles. The van der Waals surface area contributed by atoms with Crippen LogP contribution in [0.3, 0.4) is 0 Å². The molecule has 0 radical (unpaired) electrons. The van der Waals surface area contributed by atoms with Gasteiger partial charge in [-0.05, 0) is 29.8 Å².